The van der Waals surface area contributed by atoms with Crippen molar-refractivity contribution in [2.24, 2.45) is 0 Å². The number of aromatic amines is 1. The summed E-state index contributed by atoms with van der Waals surface area (Å²) in [7, 11) is 2.78. The van der Waals surface area contributed by atoms with E-state index in [4.69, 9.17) is 16.3 Å². The first-order chi connectivity index (χ1) is 12.3. The first kappa shape index (κ1) is 19.5. The summed E-state index contributed by atoms with van der Waals surface area (Å²) < 4.78 is 4.73. The van der Waals surface area contributed by atoms with Crippen molar-refractivity contribution >= 4 is 35.1 Å². The molecule has 0 spiro atoms. The maximum Gasteiger partial charge on any atom is 0.339 e. The number of benzene rings is 1. The summed E-state index contributed by atoms with van der Waals surface area (Å²) >= 11 is 6.00. The summed E-state index contributed by atoms with van der Waals surface area (Å²) in [5.41, 5.74) is 2.06. The fraction of sp³-hybridized carbons (Fsp3) is 0.278. The summed E-state index contributed by atoms with van der Waals surface area (Å²) in [6.45, 7) is 3.16. The van der Waals surface area contributed by atoms with Gasteiger partial charge in [-0.3, -0.25) is 9.59 Å². The topological polar surface area (TPSA) is 91.5 Å². The Morgan fingerprint density at radius 3 is 2.50 bits per heavy atom. The SMILES string of the molecule is COC(=O)c1c(C)[nH]c(C(=O)N(C)CC(=O)Nc2ccccc2Cl)c1C. The fourth-order valence-electron chi connectivity index (χ4n) is 2.60. The van der Waals surface area contributed by atoms with Crippen LogP contribution >= 0.6 is 11.6 Å². The van der Waals surface area contributed by atoms with Gasteiger partial charge < -0.3 is 19.9 Å². The molecular formula is C18H20ClN3O4. The molecule has 2 N–H and O–H groups in total. The van der Waals surface area contributed by atoms with Gasteiger partial charge in [-0.25, -0.2) is 4.79 Å². The third kappa shape index (κ3) is 4.05. The molecule has 0 atom stereocenters. The van der Waals surface area contributed by atoms with Crippen molar-refractivity contribution in [3.63, 3.8) is 0 Å². The summed E-state index contributed by atoms with van der Waals surface area (Å²) in [4.78, 5) is 40.8. The highest BCUT2D eigenvalue weighted by Crippen LogP contribution is 2.21. The molecule has 1 heterocycles. The van der Waals surface area contributed by atoms with E-state index >= 15 is 0 Å². The maximum atomic E-state index is 12.6. The first-order valence-electron chi connectivity index (χ1n) is 7.83. The van der Waals surface area contributed by atoms with E-state index in [9.17, 15) is 14.4 Å². The maximum absolute atomic E-state index is 12.6. The summed E-state index contributed by atoms with van der Waals surface area (Å²) in [6.07, 6.45) is 0. The number of likely N-dealkylation sites (N-methyl/N-ethyl adjacent to an activating group) is 1. The van der Waals surface area contributed by atoms with Crippen LogP contribution in [-0.2, 0) is 9.53 Å². The van der Waals surface area contributed by atoms with Gasteiger partial charge >= 0.3 is 5.97 Å². The second kappa shape index (κ2) is 8.05. The molecule has 0 aliphatic carbocycles. The Bertz CT molecular complexity index is 860. The lowest BCUT2D eigenvalue weighted by atomic mass is 10.1. The number of esters is 1. The number of rotatable bonds is 5. The minimum Gasteiger partial charge on any atom is -0.465 e. The van der Waals surface area contributed by atoms with Crippen molar-refractivity contribution in [1.29, 1.82) is 0 Å². The second-order valence-electron chi connectivity index (χ2n) is 5.81. The number of nitrogens with zero attached hydrogens (tertiary/aromatic N) is 1. The van der Waals surface area contributed by atoms with Crippen LogP contribution in [0.25, 0.3) is 0 Å². The van der Waals surface area contributed by atoms with Gasteiger partial charge in [-0.05, 0) is 31.5 Å². The number of hydrogen-bond donors (Lipinski definition) is 2. The molecule has 7 nitrogen and oxygen atoms in total. The van der Waals surface area contributed by atoms with Crippen LogP contribution in [0.5, 0.6) is 0 Å². The van der Waals surface area contributed by atoms with E-state index in [0.717, 1.165) is 0 Å². The molecule has 2 aromatic rings. The molecule has 2 amide bonds. The molecule has 0 aliphatic heterocycles. The van der Waals surface area contributed by atoms with Gasteiger partial charge in [0.1, 0.15) is 5.69 Å². The number of anilines is 1. The average molecular weight is 378 g/mol. The molecule has 0 saturated carbocycles. The Morgan fingerprint density at radius 2 is 1.88 bits per heavy atom. The molecule has 0 radical (unpaired) electrons. The molecule has 1 aromatic carbocycles. The molecule has 0 aliphatic rings. The number of amides is 2. The Morgan fingerprint density at radius 1 is 1.23 bits per heavy atom. The second-order valence-corrected chi connectivity index (χ2v) is 6.21. The van der Waals surface area contributed by atoms with Gasteiger partial charge in [-0.1, -0.05) is 23.7 Å². The first-order valence-corrected chi connectivity index (χ1v) is 8.21. The number of hydrogen-bond acceptors (Lipinski definition) is 4. The van der Waals surface area contributed by atoms with Gasteiger partial charge in [0.2, 0.25) is 5.91 Å². The number of methoxy groups -OCH3 is 1. The molecule has 1 aromatic heterocycles. The Balaban J connectivity index is 2.11. The normalized spacial score (nSPS) is 10.3. The molecule has 138 valence electrons. The molecule has 0 saturated heterocycles. The third-order valence-corrected chi connectivity index (χ3v) is 4.25. The zero-order valence-electron chi connectivity index (χ0n) is 15.0. The van der Waals surface area contributed by atoms with Gasteiger partial charge in [0.25, 0.3) is 5.91 Å². The summed E-state index contributed by atoms with van der Waals surface area (Å²) in [5.74, 6) is -1.31. The van der Waals surface area contributed by atoms with Crippen LogP contribution in [0.2, 0.25) is 5.02 Å². The number of carbonyl (C=O) groups excluding carboxylic acids is 3. The lowest BCUT2D eigenvalue weighted by molar-refractivity contribution is -0.116. The van der Waals surface area contributed by atoms with Gasteiger partial charge in [0.15, 0.2) is 0 Å². The quantitative estimate of drug-likeness (QED) is 0.784. The van der Waals surface area contributed by atoms with E-state index in [2.05, 4.69) is 10.3 Å². The van der Waals surface area contributed by atoms with E-state index in [1.165, 1.54) is 19.1 Å². The number of halogens is 1. The Kier molecular flexibility index (Phi) is 6.05. The molecule has 0 fully saturated rings. The van der Waals surface area contributed by atoms with Crippen molar-refractivity contribution in [3.8, 4) is 0 Å². The molecule has 26 heavy (non-hydrogen) atoms. The largest absolute Gasteiger partial charge is 0.465 e. The number of para-hydroxylation sites is 1. The van der Waals surface area contributed by atoms with Crippen LogP contribution in [0.4, 0.5) is 5.69 Å². The fourth-order valence-corrected chi connectivity index (χ4v) is 2.79. The standard InChI is InChI=1S/C18H20ClN3O4/c1-10-15(18(25)26-4)11(2)20-16(10)17(24)22(3)9-14(23)21-13-8-6-5-7-12(13)19/h5-8,20H,9H2,1-4H3,(H,21,23). The Hall–Kier alpha value is -2.80. The average Bonchev–Trinajstić information content (AvgIpc) is 2.90. The molecule has 0 bridgehead atoms. The van der Waals surface area contributed by atoms with Crippen LogP contribution in [0.1, 0.15) is 32.1 Å². The predicted molar refractivity (Wildman–Crippen MR) is 98.6 cm³/mol. The van der Waals surface area contributed by atoms with Gasteiger partial charge in [-0.2, -0.15) is 0 Å². The van der Waals surface area contributed by atoms with Crippen LogP contribution < -0.4 is 5.32 Å². The summed E-state index contributed by atoms with van der Waals surface area (Å²) in [6, 6.07) is 6.83. The zero-order valence-corrected chi connectivity index (χ0v) is 15.7. The van der Waals surface area contributed by atoms with Crippen LogP contribution in [0.15, 0.2) is 24.3 Å². The van der Waals surface area contributed by atoms with Crippen LogP contribution in [0.3, 0.4) is 0 Å². The predicted octanol–water partition coefficient (Wildman–Crippen LogP) is 2.78. The van der Waals surface area contributed by atoms with Crippen LogP contribution in [-0.4, -0.2) is 48.4 Å². The number of aromatic nitrogens is 1. The van der Waals surface area contributed by atoms with E-state index in [1.54, 1.807) is 38.1 Å². The minimum absolute atomic E-state index is 0.172. The lowest BCUT2D eigenvalue weighted by Crippen LogP contribution is -2.35. The van der Waals surface area contributed by atoms with E-state index < -0.39 is 11.9 Å². The van der Waals surface area contributed by atoms with E-state index in [0.29, 0.717) is 27.5 Å². The highest BCUT2D eigenvalue weighted by atomic mass is 35.5. The van der Waals surface area contributed by atoms with E-state index in [-0.39, 0.29) is 18.1 Å². The molecule has 8 heteroatoms. The van der Waals surface area contributed by atoms with Crippen LogP contribution in [0, 0.1) is 13.8 Å². The monoisotopic (exact) mass is 377 g/mol. The van der Waals surface area contributed by atoms with E-state index in [1.807, 2.05) is 0 Å². The molecular weight excluding hydrogens is 358 g/mol. The van der Waals surface area contributed by atoms with Crippen molar-refractivity contribution in [1.82, 2.24) is 9.88 Å². The van der Waals surface area contributed by atoms with Gasteiger partial charge in [0.05, 0.1) is 29.9 Å². The molecule has 0 unspecified atom stereocenters. The highest BCUT2D eigenvalue weighted by Gasteiger charge is 2.25. The third-order valence-electron chi connectivity index (χ3n) is 3.92. The van der Waals surface area contributed by atoms with Gasteiger partial charge in [0, 0.05) is 12.7 Å². The highest BCUT2D eigenvalue weighted by molar-refractivity contribution is 6.33. The molecule has 2 rings (SSSR count). The number of nitrogens with one attached hydrogen (secondary N) is 2. The Labute approximate surface area is 156 Å². The lowest BCUT2D eigenvalue weighted by Gasteiger charge is -2.17. The smallest absolute Gasteiger partial charge is 0.339 e. The summed E-state index contributed by atoms with van der Waals surface area (Å²) in [5, 5.41) is 3.07. The number of H-pyrrole nitrogens is 1. The van der Waals surface area contributed by atoms with Crippen molar-refractivity contribution in [2.45, 2.75) is 13.8 Å². The van der Waals surface area contributed by atoms with Crippen molar-refractivity contribution in [3.05, 3.63) is 51.8 Å². The van der Waals surface area contributed by atoms with Crippen molar-refractivity contribution < 1.29 is 19.1 Å². The number of ether oxygens (including phenoxy) is 1. The minimum atomic E-state index is -0.519. The number of aryl methyl sites for hydroxylation is 1. The zero-order chi connectivity index (χ0) is 19.4. The number of carbonyl (C=O) groups is 3. The van der Waals surface area contributed by atoms with Gasteiger partial charge in [-0.15, -0.1) is 0 Å². The van der Waals surface area contributed by atoms with Crippen molar-refractivity contribution in [2.75, 3.05) is 26.0 Å².